The Morgan fingerprint density at radius 3 is 2.61 bits per heavy atom. The van der Waals surface area contributed by atoms with Crippen molar-refractivity contribution in [3.8, 4) is 17.1 Å². The van der Waals surface area contributed by atoms with Crippen molar-refractivity contribution in [1.29, 1.82) is 0 Å². The minimum atomic E-state index is -0.247. The summed E-state index contributed by atoms with van der Waals surface area (Å²) in [7, 11) is 2.16. The van der Waals surface area contributed by atoms with E-state index < -0.39 is 0 Å². The Kier molecular flexibility index (Phi) is 6.07. The van der Waals surface area contributed by atoms with Crippen molar-refractivity contribution in [1.82, 2.24) is 19.4 Å². The molecule has 1 N–H and O–H groups in total. The number of fused-ring (bicyclic) bond motifs is 2. The average molecular weight is 481 g/mol. The molecule has 7 heteroatoms. The fourth-order valence-electron chi connectivity index (χ4n) is 5.04. The Morgan fingerprint density at radius 2 is 1.83 bits per heavy atom. The third-order valence-corrected chi connectivity index (χ3v) is 6.96. The molecular weight excluding hydrogens is 451 g/mol. The highest BCUT2D eigenvalue weighted by Crippen LogP contribution is 2.24. The lowest BCUT2D eigenvalue weighted by Gasteiger charge is -2.26. The molecule has 2 aliphatic carbocycles. The van der Waals surface area contributed by atoms with Gasteiger partial charge in [-0.05, 0) is 94.4 Å². The first-order valence-corrected chi connectivity index (χ1v) is 12.6. The van der Waals surface area contributed by atoms with Crippen molar-refractivity contribution in [2.45, 2.75) is 31.7 Å². The van der Waals surface area contributed by atoms with Crippen molar-refractivity contribution >= 4 is 23.5 Å². The van der Waals surface area contributed by atoms with Crippen LogP contribution in [0, 0.1) is 5.82 Å². The van der Waals surface area contributed by atoms with E-state index in [2.05, 4.69) is 51.1 Å². The molecule has 0 bridgehead atoms. The van der Waals surface area contributed by atoms with Crippen molar-refractivity contribution in [3.05, 3.63) is 82.8 Å². The lowest BCUT2D eigenvalue weighted by molar-refractivity contribution is 0.255. The summed E-state index contributed by atoms with van der Waals surface area (Å²) in [6.07, 6.45) is 12.0. The first-order chi connectivity index (χ1) is 17.6. The van der Waals surface area contributed by atoms with Gasteiger partial charge in [0.1, 0.15) is 5.82 Å². The molecule has 1 aromatic carbocycles. The number of nitrogens with one attached hydrogen (secondary N) is 1. The number of piperidine rings is 1. The number of aromatic nitrogens is 3. The van der Waals surface area contributed by atoms with E-state index in [-0.39, 0.29) is 11.9 Å². The summed E-state index contributed by atoms with van der Waals surface area (Å²) in [6, 6.07) is 15.1. The molecule has 0 unspecified atom stereocenters. The average Bonchev–Trinajstić information content (AvgIpc) is 2.90. The third-order valence-electron chi connectivity index (χ3n) is 6.96. The lowest BCUT2D eigenvalue weighted by Crippen LogP contribution is -2.40. The molecular formula is C29H29FN6. The van der Waals surface area contributed by atoms with E-state index in [9.17, 15) is 4.39 Å². The maximum Gasteiger partial charge on any atom is 0.123 e. The molecule has 6 nitrogen and oxygen atoms in total. The summed E-state index contributed by atoms with van der Waals surface area (Å²) in [4.78, 5) is 16.9. The molecule has 1 saturated heterocycles. The molecule has 2 aliphatic heterocycles. The maximum absolute atomic E-state index is 13.8. The monoisotopic (exact) mass is 480 g/mol. The van der Waals surface area contributed by atoms with E-state index in [4.69, 9.17) is 9.98 Å². The van der Waals surface area contributed by atoms with Gasteiger partial charge in [-0.2, -0.15) is 0 Å². The fraction of sp³-hybridized carbons (Fsp3) is 0.276. The summed E-state index contributed by atoms with van der Waals surface area (Å²) in [5, 5.41) is 6.42. The summed E-state index contributed by atoms with van der Waals surface area (Å²) in [6.45, 7) is 2.09. The number of hydrogen-bond donors (Lipinski definition) is 1. The molecule has 0 saturated carbocycles. The minimum Gasteiger partial charge on any atom is -0.352 e. The highest BCUT2D eigenvalue weighted by molar-refractivity contribution is 5.70. The minimum absolute atomic E-state index is 0.247. The molecule has 1 fully saturated rings. The molecule has 182 valence electrons. The van der Waals surface area contributed by atoms with Crippen LogP contribution in [0.25, 0.3) is 29.2 Å². The molecule has 0 atom stereocenters. The van der Waals surface area contributed by atoms with Gasteiger partial charge in [0.25, 0.3) is 0 Å². The smallest absolute Gasteiger partial charge is 0.123 e. The normalized spacial score (nSPS) is 16.9. The number of hydrogen-bond acceptors (Lipinski definition) is 5. The summed E-state index contributed by atoms with van der Waals surface area (Å²) in [5.74, 6) is -0.247. The van der Waals surface area contributed by atoms with E-state index in [0.29, 0.717) is 0 Å². The SMILES string of the molecule is CN1CCC(N=c2cc3n(-c4ccc(F)cc4)c4c(nc-3cc2Nc2cccnc2)=CCCC=4)CC1. The van der Waals surface area contributed by atoms with Gasteiger partial charge in [-0.25, -0.2) is 9.37 Å². The quantitative estimate of drug-likeness (QED) is 0.485. The summed E-state index contributed by atoms with van der Waals surface area (Å²) < 4.78 is 16.0. The Morgan fingerprint density at radius 1 is 1.03 bits per heavy atom. The van der Waals surface area contributed by atoms with E-state index in [1.165, 1.54) is 12.1 Å². The zero-order chi connectivity index (χ0) is 24.5. The van der Waals surface area contributed by atoms with Gasteiger partial charge in [0.05, 0.1) is 51.1 Å². The maximum atomic E-state index is 13.8. The molecule has 0 spiro atoms. The van der Waals surface area contributed by atoms with Crippen LogP contribution in [0.15, 0.2) is 65.9 Å². The summed E-state index contributed by atoms with van der Waals surface area (Å²) >= 11 is 0. The van der Waals surface area contributed by atoms with Gasteiger partial charge in [-0.3, -0.25) is 9.98 Å². The van der Waals surface area contributed by atoms with E-state index in [1.54, 1.807) is 6.20 Å². The molecule has 2 aromatic rings. The van der Waals surface area contributed by atoms with E-state index in [1.807, 2.05) is 30.5 Å². The first kappa shape index (κ1) is 22.6. The zero-order valence-corrected chi connectivity index (χ0v) is 20.4. The van der Waals surface area contributed by atoms with Gasteiger partial charge in [0.15, 0.2) is 0 Å². The predicted molar refractivity (Wildman–Crippen MR) is 141 cm³/mol. The Bertz CT molecular complexity index is 1530. The fourth-order valence-corrected chi connectivity index (χ4v) is 5.04. The number of anilines is 2. The standard InChI is InChI=1S/C29H29FN6/c1-35-15-12-21(13-16-35)32-26-18-29-27(17-25(26)33-22-5-4-14-31-19-22)34-24-6-2-3-7-28(24)36(29)23-10-8-20(30)9-11-23/h4-11,14,17-19,21,33H,2-3,12-13,15-16H2,1H3. The molecule has 0 radical (unpaired) electrons. The van der Waals surface area contributed by atoms with E-state index in [0.717, 1.165) is 83.3 Å². The zero-order valence-electron chi connectivity index (χ0n) is 20.4. The molecule has 1 aromatic heterocycles. The largest absolute Gasteiger partial charge is 0.352 e. The number of likely N-dealkylation sites (tertiary alicyclic amines) is 1. The molecule has 3 heterocycles. The number of rotatable bonds is 4. The van der Waals surface area contributed by atoms with Crippen molar-refractivity contribution in [2.75, 3.05) is 25.5 Å². The molecule has 6 rings (SSSR count). The topological polar surface area (TPSA) is 58.3 Å². The Hall–Kier alpha value is -3.84. The van der Waals surface area contributed by atoms with Crippen LogP contribution < -0.4 is 21.4 Å². The van der Waals surface area contributed by atoms with Crippen LogP contribution in [0.5, 0.6) is 0 Å². The van der Waals surface area contributed by atoms with Crippen molar-refractivity contribution in [3.63, 3.8) is 0 Å². The van der Waals surface area contributed by atoms with Gasteiger partial charge in [-0.1, -0.05) is 12.2 Å². The molecule has 36 heavy (non-hydrogen) atoms. The van der Waals surface area contributed by atoms with Crippen LogP contribution >= 0.6 is 0 Å². The van der Waals surface area contributed by atoms with Gasteiger partial charge in [-0.15, -0.1) is 0 Å². The van der Waals surface area contributed by atoms with Gasteiger partial charge in [0.2, 0.25) is 0 Å². The second kappa shape index (κ2) is 9.66. The number of nitrogens with zero attached hydrogens (tertiary/aromatic N) is 5. The number of halogens is 1. The van der Waals surface area contributed by atoms with Gasteiger partial charge in [0, 0.05) is 11.9 Å². The second-order valence-electron chi connectivity index (χ2n) is 9.57. The van der Waals surface area contributed by atoms with Crippen LogP contribution in [-0.4, -0.2) is 45.6 Å². The van der Waals surface area contributed by atoms with Crippen LogP contribution in [0.3, 0.4) is 0 Å². The Labute approximate surface area is 209 Å². The van der Waals surface area contributed by atoms with Gasteiger partial charge < -0.3 is 14.8 Å². The predicted octanol–water partition coefficient (Wildman–Crippen LogP) is 3.60. The van der Waals surface area contributed by atoms with Gasteiger partial charge >= 0.3 is 0 Å². The summed E-state index contributed by atoms with van der Waals surface area (Å²) in [5.41, 5.74) is 4.53. The first-order valence-electron chi connectivity index (χ1n) is 12.6. The van der Waals surface area contributed by atoms with Crippen LogP contribution in [0.1, 0.15) is 25.7 Å². The van der Waals surface area contributed by atoms with E-state index >= 15 is 0 Å². The number of pyridine rings is 1. The highest BCUT2D eigenvalue weighted by atomic mass is 19.1. The highest BCUT2D eigenvalue weighted by Gasteiger charge is 2.19. The van der Waals surface area contributed by atoms with Crippen LogP contribution in [-0.2, 0) is 0 Å². The molecule has 0 amide bonds. The molecule has 4 aliphatic rings. The lowest BCUT2D eigenvalue weighted by atomic mass is 10.1. The number of benzene rings is 2. The Balaban J connectivity index is 1.60. The van der Waals surface area contributed by atoms with Crippen LogP contribution in [0.2, 0.25) is 0 Å². The third kappa shape index (κ3) is 4.54. The van der Waals surface area contributed by atoms with Crippen molar-refractivity contribution in [2.24, 2.45) is 4.99 Å². The van der Waals surface area contributed by atoms with Crippen LogP contribution in [0.4, 0.5) is 15.8 Å². The van der Waals surface area contributed by atoms with Crippen molar-refractivity contribution < 1.29 is 4.39 Å². The second-order valence-corrected chi connectivity index (χ2v) is 9.57.